The first kappa shape index (κ1) is 12.4. The SMILES string of the molecule is CCNc1ccc(-c2c(F)ccc(C)c2F)nn1. The number of hydrogen-bond donors (Lipinski definition) is 1. The van der Waals surface area contributed by atoms with Crippen molar-refractivity contribution in [3.05, 3.63) is 41.5 Å². The molecular formula is C13H13F2N3. The predicted molar refractivity (Wildman–Crippen MR) is 66.3 cm³/mol. The lowest BCUT2D eigenvalue weighted by molar-refractivity contribution is 0.582. The summed E-state index contributed by atoms with van der Waals surface area (Å²) in [7, 11) is 0. The zero-order valence-electron chi connectivity index (χ0n) is 10.2. The number of benzene rings is 1. The van der Waals surface area contributed by atoms with E-state index in [1.807, 2.05) is 6.92 Å². The highest BCUT2D eigenvalue weighted by Crippen LogP contribution is 2.26. The van der Waals surface area contributed by atoms with Crippen LogP contribution in [0, 0.1) is 18.6 Å². The molecule has 0 aliphatic carbocycles. The van der Waals surface area contributed by atoms with Crippen molar-refractivity contribution in [2.75, 3.05) is 11.9 Å². The lowest BCUT2D eigenvalue weighted by atomic mass is 10.1. The number of halogens is 2. The molecule has 1 N–H and O–H groups in total. The predicted octanol–water partition coefficient (Wildman–Crippen LogP) is 3.16. The quantitative estimate of drug-likeness (QED) is 0.908. The number of aryl methyl sites for hydroxylation is 1. The number of aromatic nitrogens is 2. The molecule has 94 valence electrons. The van der Waals surface area contributed by atoms with Crippen molar-refractivity contribution in [2.45, 2.75) is 13.8 Å². The Morgan fingerprint density at radius 2 is 1.89 bits per heavy atom. The van der Waals surface area contributed by atoms with Gasteiger partial charge in [0.05, 0.1) is 11.3 Å². The Bertz CT molecular complexity index is 553. The molecule has 5 heteroatoms. The molecule has 1 aromatic heterocycles. The van der Waals surface area contributed by atoms with Crippen LogP contribution in [0.3, 0.4) is 0 Å². The van der Waals surface area contributed by atoms with Crippen LogP contribution >= 0.6 is 0 Å². The lowest BCUT2D eigenvalue weighted by Crippen LogP contribution is -2.02. The molecule has 0 amide bonds. The van der Waals surface area contributed by atoms with E-state index in [4.69, 9.17) is 0 Å². The van der Waals surface area contributed by atoms with Crippen molar-refractivity contribution in [3.8, 4) is 11.3 Å². The summed E-state index contributed by atoms with van der Waals surface area (Å²) >= 11 is 0. The zero-order chi connectivity index (χ0) is 13.1. The Morgan fingerprint density at radius 1 is 1.11 bits per heavy atom. The van der Waals surface area contributed by atoms with Crippen LogP contribution in [0.4, 0.5) is 14.6 Å². The molecule has 2 aromatic rings. The molecule has 0 atom stereocenters. The molecule has 0 unspecified atom stereocenters. The lowest BCUT2D eigenvalue weighted by Gasteiger charge is -2.07. The molecule has 0 spiro atoms. The third-order valence-electron chi connectivity index (χ3n) is 2.56. The third kappa shape index (κ3) is 2.30. The Balaban J connectivity index is 2.45. The molecule has 18 heavy (non-hydrogen) atoms. The highest BCUT2D eigenvalue weighted by molar-refractivity contribution is 5.62. The van der Waals surface area contributed by atoms with Crippen LogP contribution in [0.5, 0.6) is 0 Å². The Morgan fingerprint density at radius 3 is 2.50 bits per heavy atom. The second-order valence-electron chi connectivity index (χ2n) is 3.89. The first-order valence-electron chi connectivity index (χ1n) is 5.66. The summed E-state index contributed by atoms with van der Waals surface area (Å²) in [6.45, 7) is 4.22. The van der Waals surface area contributed by atoms with Gasteiger partial charge in [-0.2, -0.15) is 0 Å². The highest BCUT2D eigenvalue weighted by Gasteiger charge is 2.15. The molecule has 3 nitrogen and oxygen atoms in total. The fourth-order valence-electron chi connectivity index (χ4n) is 1.63. The molecular weight excluding hydrogens is 236 g/mol. The fourth-order valence-corrected chi connectivity index (χ4v) is 1.63. The normalized spacial score (nSPS) is 10.4. The molecule has 0 bridgehead atoms. The number of rotatable bonds is 3. The first-order valence-corrected chi connectivity index (χ1v) is 5.66. The Hall–Kier alpha value is -2.04. The van der Waals surface area contributed by atoms with Crippen molar-refractivity contribution in [1.29, 1.82) is 0 Å². The van der Waals surface area contributed by atoms with Gasteiger partial charge in [-0.15, -0.1) is 10.2 Å². The molecule has 0 saturated carbocycles. The van der Waals surface area contributed by atoms with Gasteiger partial charge in [0, 0.05) is 6.54 Å². The van der Waals surface area contributed by atoms with E-state index in [2.05, 4.69) is 15.5 Å². The van der Waals surface area contributed by atoms with Crippen molar-refractivity contribution in [2.24, 2.45) is 0 Å². The van der Waals surface area contributed by atoms with Gasteiger partial charge in [-0.1, -0.05) is 6.07 Å². The van der Waals surface area contributed by atoms with E-state index in [-0.39, 0.29) is 11.3 Å². The summed E-state index contributed by atoms with van der Waals surface area (Å²) in [5.74, 6) is -0.654. The highest BCUT2D eigenvalue weighted by atomic mass is 19.1. The maximum absolute atomic E-state index is 13.9. The average Bonchev–Trinajstić information content (AvgIpc) is 2.37. The topological polar surface area (TPSA) is 37.8 Å². The minimum Gasteiger partial charge on any atom is -0.369 e. The summed E-state index contributed by atoms with van der Waals surface area (Å²) in [5, 5.41) is 10.7. The van der Waals surface area contributed by atoms with E-state index in [9.17, 15) is 8.78 Å². The van der Waals surface area contributed by atoms with E-state index in [1.165, 1.54) is 12.1 Å². The maximum Gasteiger partial charge on any atom is 0.148 e. The molecule has 1 heterocycles. The van der Waals surface area contributed by atoms with Crippen LogP contribution in [-0.4, -0.2) is 16.7 Å². The second kappa shape index (κ2) is 5.08. The molecule has 0 aliphatic rings. The van der Waals surface area contributed by atoms with E-state index in [0.29, 0.717) is 17.9 Å². The molecule has 2 rings (SSSR count). The van der Waals surface area contributed by atoms with Gasteiger partial charge in [0.2, 0.25) is 0 Å². The van der Waals surface area contributed by atoms with Gasteiger partial charge in [0.25, 0.3) is 0 Å². The summed E-state index contributed by atoms with van der Waals surface area (Å²) in [4.78, 5) is 0. The Kier molecular flexibility index (Phi) is 3.50. The van der Waals surface area contributed by atoms with E-state index < -0.39 is 11.6 Å². The number of nitrogens with one attached hydrogen (secondary N) is 1. The van der Waals surface area contributed by atoms with Gasteiger partial charge in [-0.3, -0.25) is 0 Å². The second-order valence-corrected chi connectivity index (χ2v) is 3.89. The van der Waals surface area contributed by atoms with Crippen LogP contribution < -0.4 is 5.32 Å². The number of nitrogens with zero attached hydrogens (tertiary/aromatic N) is 2. The van der Waals surface area contributed by atoms with E-state index in [1.54, 1.807) is 19.1 Å². The fraction of sp³-hybridized carbons (Fsp3) is 0.231. The summed E-state index contributed by atoms with van der Waals surface area (Å²) in [6, 6.07) is 5.82. The maximum atomic E-state index is 13.9. The smallest absolute Gasteiger partial charge is 0.148 e. The van der Waals surface area contributed by atoms with Gasteiger partial charge < -0.3 is 5.32 Å². The third-order valence-corrected chi connectivity index (χ3v) is 2.56. The molecule has 0 aliphatic heterocycles. The van der Waals surface area contributed by atoms with Crippen molar-refractivity contribution in [1.82, 2.24) is 10.2 Å². The largest absolute Gasteiger partial charge is 0.369 e. The summed E-state index contributed by atoms with van der Waals surface area (Å²) in [5.41, 5.74) is 0.435. The van der Waals surface area contributed by atoms with E-state index in [0.717, 1.165) is 0 Å². The van der Waals surface area contributed by atoms with Gasteiger partial charge in [-0.05, 0) is 37.6 Å². The van der Waals surface area contributed by atoms with Gasteiger partial charge in [-0.25, -0.2) is 8.78 Å². The van der Waals surface area contributed by atoms with Crippen LogP contribution in [0.25, 0.3) is 11.3 Å². The van der Waals surface area contributed by atoms with Crippen molar-refractivity contribution in [3.63, 3.8) is 0 Å². The van der Waals surface area contributed by atoms with Gasteiger partial charge >= 0.3 is 0 Å². The first-order chi connectivity index (χ1) is 8.63. The minimum atomic E-state index is -0.636. The Labute approximate surface area is 104 Å². The molecule has 0 radical (unpaired) electrons. The monoisotopic (exact) mass is 249 g/mol. The van der Waals surface area contributed by atoms with Crippen LogP contribution in [0.2, 0.25) is 0 Å². The zero-order valence-corrected chi connectivity index (χ0v) is 10.2. The molecule has 0 saturated heterocycles. The van der Waals surface area contributed by atoms with Crippen molar-refractivity contribution < 1.29 is 8.78 Å². The minimum absolute atomic E-state index is 0.134. The summed E-state index contributed by atoms with van der Waals surface area (Å²) in [6.07, 6.45) is 0. The standard InChI is InChI=1S/C13H13F2N3/c1-3-16-11-7-6-10(17-18-11)12-9(14)5-4-8(2)13(12)15/h4-7H,3H2,1-2H3,(H,16,18). The molecule has 1 aromatic carbocycles. The van der Waals surface area contributed by atoms with Crippen molar-refractivity contribution >= 4 is 5.82 Å². The van der Waals surface area contributed by atoms with E-state index >= 15 is 0 Å². The van der Waals surface area contributed by atoms with Crippen LogP contribution in [0.15, 0.2) is 24.3 Å². The number of hydrogen-bond acceptors (Lipinski definition) is 3. The van der Waals surface area contributed by atoms with Crippen LogP contribution in [0.1, 0.15) is 12.5 Å². The average molecular weight is 249 g/mol. The summed E-state index contributed by atoms with van der Waals surface area (Å²) < 4.78 is 27.5. The molecule has 0 fully saturated rings. The van der Waals surface area contributed by atoms with Gasteiger partial charge in [0.1, 0.15) is 17.5 Å². The number of anilines is 1. The van der Waals surface area contributed by atoms with Gasteiger partial charge in [0.15, 0.2) is 0 Å². The van der Waals surface area contributed by atoms with Crippen LogP contribution in [-0.2, 0) is 0 Å².